The molecule has 0 saturated heterocycles. The van der Waals surface area contributed by atoms with Crippen LogP contribution in [0.5, 0.6) is 0 Å². The van der Waals surface area contributed by atoms with Gasteiger partial charge in [-0.2, -0.15) is 0 Å². The van der Waals surface area contributed by atoms with Crippen LogP contribution in [0, 0.1) is 19.8 Å². The van der Waals surface area contributed by atoms with Gasteiger partial charge in [-0.15, -0.1) is 0 Å². The second kappa shape index (κ2) is 6.81. The number of ketones is 1. The van der Waals surface area contributed by atoms with Crippen LogP contribution in [0.4, 0.5) is 0 Å². The first-order valence-corrected chi connectivity index (χ1v) is 7.78. The number of nitrogens with one attached hydrogen (secondary N) is 2. The van der Waals surface area contributed by atoms with Gasteiger partial charge in [-0.05, 0) is 25.3 Å². The molecule has 2 aromatic heterocycles. The minimum atomic E-state index is -0.180. The lowest BCUT2D eigenvalue weighted by molar-refractivity contribution is 0.0948. The lowest BCUT2D eigenvalue weighted by Crippen LogP contribution is -2.25. The maximum absolute atomic E-state index is 12.5. The molecule has 2 aromatic rings. The van der Waals surface area contributed by atoms with E-state index in [1.165, 1.54) is 6.92 Å². The third kappa shape index (κ3) is 3.70. The fraction of sp³-hybridized carbons (Fsp3) is 0.471. The third-order valence-electron chi connectivity index (χ3n) is 3.81. The minimum absolute atomic E-state index is 0.0698. The van der Waals surface area contributed by atoms with Crippen LogP contribution in [0.25, 0.3) is 0 Å². The van der Waals surface area contributed by atoms with Crippen LogP contribution >= 0.6 is 0 Å². The number of aryl methyl sites for hydroxylation is 1. The van der Waals surface area contributed by atoms with E-state index < -0.39 is 0 Å². The number of aromatic nitrogens is 3. The lowest BCUT2D eigenvalue weighted by atomic mass is 10.1. The summed E-state index contributed by atoms with van der Waals surface area (Å²) in [6.07, 6.45) is 3.54. The molecular weight excluding hydrogens is 292 g/mol. The van der Waals surface area contributed by atoms with Gasteiger partial charge in [0.2, 0.25) is 0 Å². The van der Waals surface area contributed by atoms with E-state index in [1.54, 1.807) is 26.4 Å². The molecule has 124 valence electrons. The van der Waals surface area contributed by atoms with Crippen molar-refractivity contribution >= 4 is 11.7 Å². The van der Waals surface area contributed by atoms with Gasteiger partial charge in [-0.1, -0.05) is 13.8 Å². The highest BCUT2D eigenvalue weighted by molar-refractivity contribution is 6.02. The Labute approximate surface area is 136 Å². The van der Waals surface area contributed by atoms with Crippen LogP contribution in [0.15, 0.2) is 12.5 Å². The van der Waals surface area contributed by atoms with Crippen LogP contribution in [-0.2, 0) is 13.1 Å². The summed E-state index contributed by atoms with van der Waals surface area (Å²) in [6.45, 7) is 10.6. The molecule has 0 aliphatic heterocycles. The highest BCUT2D eigenvalue weighted by Gasteiger charge is 2.20. The second-order valence-electron chi connectivity index (χ2n) is 6.30. The van der Waals surface area contributed by atoms with Gasteiger partial charge in [0.25, 0.3) is 5.91 Å². The molecule has 1 amide bonds. The van der Waals surface area contributed by atoms with E-state index in [0.717, 1.165) is 12.2 Å². The van der Waals surface area contributed by atoms with Gasteiger partial charge in [0.15, 0.2) is 5.78 Å². The van der Waals surface area contributed by atoms with Gasteiger partial charge < -0.3 is 14.9 Å². The van der Waals surface area contributed by atoms with E-state index in [9.17, 15) is 9.59 Å². The molecule has 6 heteroatoms. The van der Waals surface area contributed by atoms with E-state index >= 15 is 0 Å². The summed E-state index contributed by atoms with van der Waals surface area (Å²) in [5, 5.41) is 2.92. The van der Waals surface area contributed by atoms with Gasteiger partial charge in [0.1, 0.15) is 0 Å². The molecule has 0 spiro atoms. The summed E-state index contributed by atoms with van der Waals surface area (Å²) in [5.41, 5.74) is 3.41. The number of nitrogens with zero attached hydrogens (tertiary/aromatic N) is 2. The smallest absolute Gasteiger partial charge is 0.253 e. The standard InChI is InChI=1S/C17H24N4O2/c1-10(2)8-21-9-18-6-14(21)7-19-17(23)15-11(3)16(13(5)22)20-12(15)4/h6,9-10,20H,7-8H2,1-5H3,(H,19,23). The topological polar surface area (TPSA) is 79.8 Å². The number of amides is 1. The van der Waals surface area contributed by atoms with E-state index in [-0.39, 0.29) is 11.7 Å². The van der Waals surface area contributed by atoms with Crippen molar-refractivity contribution < 1.29 is 9.59 Å². The average Bonchev–Trinajstić information content (AvgIpc) is 3.00. The van der Waals surface area contributed by atoms with Crippen molar-refractivity contribution in [3.8, 4) is 0 Å². The predicted molar refractivity (Wildman–Crippen MR) is 88.5 cm³/mol. The number of hydrogen-bond donors (Lipinski definition) is 2. The summed E-state index contributed by atoms with van der Waals surface area (Å²) < 4.78 is 2.04. The van der Waals surface area contributed by atoms with Crippen molar-refractivity contribution in [3.63, 3.8) is 0 Å². The number of imidazole rings is 1. The molecule has 2 heterocycles. The summed E-state index contributed by atoms with van der Waals surface area (Å²) in [5.74, 6) is 0.256. The Morgan fingerprint density at radius 1 is 1.35 bits per heavy atom. The number of H-pyrrole nitrogens is 1. The third-order valence-corrected chi connectivity index (χ3v) is 3.81. The van der Waals surface area contributed by atoms with Crippen LogP contribution in [0.2, 0.25) is 0 Å². The molecule has 0 bridgehead atoms. The van der Waals surface area contributed by atoms with E-state index in [1.807, 2.05) is 4.57 Å². The van der Waals surface area contributed by atoms with Crippen molar-refractivity contribution in [1.29, 1.82) is 0 Å². The molecule has 2 rings (SSSR count). The minimum Gasteiger partial charge on any atom is -0.355 e. The Morgan fingerprint density at radius 2 is 2.04 bits per heavy atom. The first-order chi connectivity index (χ1) is 10.8. The molecule has 0 unspecified atom stereocenters. The maximum atomic E-state index is 12.5. The number of rotatable bonds is 6. The first kappa shape index (κ1) is 17.0. The van der Waals surface area contributed by atoms with Crippen molar-refractivity contribution in [2.75, 3.05) is 0 Å². The molecular formula is C17H24N4O2. The summed E-state index contributed by atoms with van der Waals surface area (Å²) in [7, 11) is 0. The number of carbonyl (C=O) groups excluding carboxylic acids is 2. The average molecular weight is 316 g/mol. The Bertz CT molecular complexity index is 725. The van der Waals surface area contributed by atoms with Crippen LogP contribution < -0.4 is 5.32 Å². The summed E-state index contributed by atoms with van der Waals surface area (Å²) >= 11 is 0. The largest absolute Gasteiger partial charge is 0.355 e. The molecule has 23 heavy (non-hydrogen) atoms. The zero-order valence-electron chi connectivity index (χ0n) is 14.4. The zero-order chi connectivity index (χ0) is 17.1. The fourth-order valence-electron chi connectivity index (χ4n) is 2.76. The van der Waals surface area contributed by atoms with Gasteiger partial charge in [-0.3, -0.25) is 9.59 Å². The normalized spacial score (nSPS) is 11.0. The Kier molecular flexibility index (Phi) is 5.03. The zero-order valence-corrected chi connectivity index (χ0v) is 14.4. The van der Waals surface area contributed by atoms with Crippen molar-refractivity contribution in [1.82, 2.24) is 19.9 Å². The lowest BCUT2D eigenvalue weighted by Gasteiger charge is -2.11. The molecule has 0 aliphatic carbocycles. The highest BCUT2D eigenvalue weighted by Crippen LogP contribution is 2.18. The number of carbonyl (C=O) groups is 2. The number of Topliss-reactive ketones (excluding diaryl/α,β-unsaturated/α-hetero) is 1. The Balaban J connectivity index is 2.12. The maximum Gasteiger partial charge on any atom is 0.253 e. The molecule has 6 nitrogen and oxygen atoms in total. The van der Waals surface area contributed by atoms with Crippen LogP contribution in [0.1, 0.15) is 58.6 Å². The van der Waals surface area contributed by atoms with Crippen molar-refractivity contribution in [2.45, 2.75) is 47.7 Å². The fourth-order valence-corrected chi connectivity index (χ4v) is 2.76. The van der Waals surface area contributed by atoms with Crippen molar-refractivity contribution in [2.24, 2.45) is 5.92 Å². The van der Waals surface area contributed by atoms with Crippen LogP contribution in [0.3, 0.4) is 0 Å². The van der Waals surface area contributed by atoms with E-state index in [2.05, 4.69) is 29.1 Å². The summed E-state index contributed by atoms with van der Waals surface area (Å²) in [6, 6.07) is 0. The molecule has 2 N–H and O–H groups in total. The van der Waals surface area contributed by atoms with Gasteiger partial charge in [0.05, 0.1) is 29.8 Å². The monoisotopic (exact) mass is 316 g/mol. The SMILES string of the molecule is CC(=O)c1[nH]c(C)c(C(=O)NCc2cncn2CC(C)C)c1C. The quantitative estimate of drug-likeness (QED) is 0.804. The number of hydrogen-bond acceptors (Lipinski definition) is 3. The van der Waals surface area contributed by atoms with E-state index in [0.29, 0.717) is 35.0 Å². The predicted octanol–water partition coefficient (Wildman–Crippen LogP) is 2.62. The first-order valence-electron chi connectivity index (χ1n) is 7.78. The molecule has 0 aliphatic rings. The van der Waals surface area contributed by atoms with Gasteiger partial charge >= 0.3 is 0 Å². The molecule has 0 atom stereocenters. The molecule has 0 radical (unpaired) electrons. The molecule has 0 saturated carbocycles. The van der Waals surface area contributed by atoms with Crippen molar-refractivity contribution in [3.05, 3.63) is 40.7 Å². The molecule has 0 aromatic carbocycles. The second-order valence-corrected chi connectivity index (χ2v) is 6.30. The number of aromatic amines is 1. The van der Waals surface area contributed by atoms with Crippen LogP contribution in [-0.4, -0.2) is 26.2 Å². The molecule has 0 fully saturated rings. The Morgan fingerprint density at radius 3 is 2.61 bits per heavy atom. The Hall–Kier alpha value is -2.37. The van der Waals surface area contributed by atoms with E-state index in [4.69, 9.17) is 0 Å². The van der Waals surface area contributed by atoms with Gasteiger partial charge in [0, 0.05) is 25.4 Å². The summed E-state index contributed by atoms with van der Waals surface area (Å²) in [4.78, 5) is 31.2. The van der Waals surface area contributed by atoms with Gasteiger partial charge in [-0.25, -0.2) is 4.98 Å². The highest BCUT2D eigenvalue weighted by atomic mass is 16.1.